The molecule has 0 atom stereocenters. The Balaban J connectivity index is 1.22. The van der Waals surface area contributed by atoms with Crippen molar-refractivity contribution >= 4 is 40.5 Å². The van der Waals surface area contributed by atoms with E-state index in [9.17, 15) is 0 Å². The lowest BCUT2D eigenvalue weighted by molar-refractivity contribution is 0.153. The van der Waals surface area contributed by atoms with E-state index in [0.717, 1.165) is 56.9 Å². The van der Waals surface area contributed by atoms with Gasteiger partial charge in [-0.1, -0.05) is 53.5 Å². The molecule has 1 N–H and O–H groups in total. The van der Waals surface area contributed by atoms with Gasteiger partial charge in [-0.05, 0) is 42.5 Å². The lowest BCUT2D eigenvalue weighted by Crippen LogP contribution is -2.46. The van der Waals surface area contributed by atoms with Crippen molar-refractivity contribution < 1.29 is 0 Å². The second-order valence-corrected chi connectivity index (χ2v) is 8.98. The van der Waals surface area contributed by atoms with E-state index in [-0.39, 0.29) is 0 Å². The summed E-state index contributed by atoms with van der Waals surface area (Å²) in [6.45, 7) is 4.22. The van der Waals surface area contributed by atoms with Gasteiger partial charge < -0.3 is 10.2 Å². The average Bonchev–Trinajstić information content (AvgIpc) is 2.82. The lowest BCUT2D eigenvalue weighted by atomic mass is 9.95. The summed E-state index contributed by atoms with van der Waals surface area (Å²) in [6, 6.07) is 17.0. The highest BCUT2D eigenvalue weighted by molar-refractivity contribution is 6.43. The molecular formula is C24H25Cl2N5. The van der Waals surface area contributed by atoms with Crippen LogP contribution in [0.3, 0.4) is 0 Å². The molecule has 160 valence electrons. The number of rotatable bonds is 4. The van der Waals surface area contributed by atoms with Crippen LogP contribution in [0.4, 0.5) is 17.3 Å². The Bertz CT molecular complexity index is 1070. The van der Waals surface area contributed by atoms with Crippen molar-refractivity contribution in [2.45, 2.75) is 31.8 Å². The molecule has 3 aromatic rings. The Kier molecular flexibility index (Phi) is 5.99. The van der Waals surface area contributed by atoms with E-state index >= 15 is 0 Å². The van der Waals surface area contributed by atoms with Crippen LogP contribution in [-0.4, -0.2) is 40.5 Å². The number of piperidine rings is 1. The van der Waals surface area contributed by atoms with Gasteiger partial charge in [-0.2, -0.15) is 0 Å². The number of nitrogens with zero attached hydrogens (tertiary/aromatic N) is 4. The molecule has 2 aliphatic rings. The molecule has 1 saturated heterocycles. The molecule has 31 heavy (non-hydrogen) atoms. The Labute approximate surface area is 193 Å². The molecule has 1 aromatic heterocycles. The fourth-order valence-corrected chi connectivity index (χ4v) is 4.96. The van der Waals surface area contributed by atoms with Crippen molar-refractivity contribution in [3.8, 4) is 0 Å². The van der Waals surface area contributed by atoms with Crippen LogP contribution in [0, 0.1) is 0 Å². The van der Waals surface area contributed by atoms with Crippen molar-refractivity contribution in [1.82, 2.24) is 14.9 Å². The number of hydrogen-bond donors (Lipinski definition) is 1. The molecule has 0 bridgehead atoms. The minimum absolute atomic E-state index is 0.494. The largest absolute Gasteiger partial charge is 0.356 e. The van der Waals surface area contributed by atoms with Gasteiger partial charge in [-0.15, -0.1) is 0 Å². The highest BCUT2D eigenvalue weighted by Crippen LogP contribution is 2.32. The number of aromatic nitrogens is 2. The minimum Gasteiger partial charge on any atom is -0.356 e. The Morgan fingerprint density at radius 3 is 2.55 bits per heavy atom. The van der Waals surface area contributed by atoms with Crippen LogP contribution in [0.2, 0.25) is 10.0 Å². The van der Waals surface area contributed by atoms with Crippen molar-refractivity contribution in [3.05, 3.63) is 76.0 Å². The van der Waals surface area contributed by atoms with Crippen LogP contribution < -0.4 is 10.2 Å². The third kappa shape index (κ3) is 4.49. The number of fused-ring (bicyclic) bond motifs is 1. The van der Waals surface area contributed by atoms with Crippen molar-refractivity contribution in [1.29, 1.82) is 0 Å². The quantitative estimate of drug-likeness (QED) is 0.560. The molecule has 5 rings (SSSR count). The van der Waals surface area contributed by atoms with E-state index in [1.54, 1.807) is 12.4 Å². The first-order valence-electron chi connectivity index (χ1n) is 10.8. The summed E-state index contributed by atoms with van der Waals surface area (Å²) in [5.74, 6) is 1.65. The van der Waals surface area contributed by atoms with Crippen LogP contribution in [0.1, 0.15) is 24.0 Å². The summed E-state index contributed by atoms with van der Waals surface area (Å²) in [6.07, 6.45) is 5.05. The molecule has 7 heteroatoms. The van der Waals surface area contributed by atoms with E-state index in [2.05, 4.69) is 49.4 Å². The second kappa shape index (κ2) is 9.03. The van der Waals surface area contributed by atoms with Crippen LogP contribution in [0.5, 0.6) is 0 Å². The third-order valence-electron chi connectivity index (χ3n) is 6.33. The second-order valence-electron chi connectivity index (χ2n) is 8.20. The van der Waals surface area contributed by atoms with Crippen LogP contribution in [0.25, 0.3) is 0 Å². The maximum Gasteiger partial charge on any atom is 0.135 e. The first kappa shape index (κ1) is 20.6. The summed E-state index contributed by atoms with van der Waals surface area (Å²) >= 11 is 12.4. The van der Waals surface area contributed by atoms with E-state index in [1.807, 2.05) is 18.2 Å². The smallest absolute Gasteiger partial charge is 0.135 e. The van der Waals surface area contributed by atoms with Crippen molar-refractivity contribution in [2.75, 3.05) is 29.9 Å². The third-order valence-corrected chi connectivity index (χ3v) is 7.15. The predicted octanol–water partition coefficient (Wildman–Crippen LogP) is 5.55. The fraction of sp³-hybridized carbons (Fsp3) is 0.333. The SMILES string of the molecule is Clc1cccc(Nc2cc(N3CCC(N4CCc5ccccc5C4)CC3)ncn2)c1Cl. The first-order valence-corrected chi connectivity index (χ1v) is 11.5. The minimum atomic E-state index is 0.494. The number of benzene rings is 2. The van der Waals surface area contributed by atoms with Gasteiger partial charge in [0.1, 0.15) is 18.0 Å². The van der Waals surface area contributed by atoms with E-state index in [4.69, 9.17) is 23.2 Å². The van der Waals surface area contributed by atoms with Gasteiger partial charge in [-0.25, -0.2) is 9.97 Å². The monoisotopic (exact) mass is 453 g/mol. The van der Waals surface area contributed by atoms with Gasteiger partial charge in [0.05, 0.1) is 15.7 Å². The summed E-state index contributed by atoms with van der Waals surface area (Å²) in [5.41, 5.74) is 3.74. The molecule has 0 aliphatic carbocycles. The summed E-state index contributed by atoms with van der Waals surface area (Å²) in [7, 11) is 0. The zero-order chi connectivity index (χ0) is 21.2. The maximum absolute atomic E-state index is 6.30. The van der Waals surface area contributed by atoms with E-state index < -0.39 is 0 Å². The lowest BCUT2D eigenvalue weighted by Gasteiger charge is -2.41. The molecule has 2 aromatic carbocycles. The van der Waals surface area contributed by atoms with Crippen LogP contribution in [-0.2, 0) is 13.0 Å². The van der Waals surface area contributed by atoms with Gasteiger partial charge in [0.2, 0.25) is 0 Å². The predicted molar refractivity (Wildman–Crippen MR) is 128 cm³/mol. The zero-order valence-corrected chi connectivity index (χ0v) is 18.8. The van der Waals surface area contributed by atoms with Gasteiger partial charge in [0, 0.05) is 38.3 Å². The van der Waals surface area contributed by atoms with Gasteiger partial charge in [-0.3, -0.25) is 4.90 Å². The Morgan fingerprint density at radius 1 is 0.903 bits per heavy atom. The molecule has 0 amide bonds. The van der Waals surface area contributed by atoms with E-state index in [1.165, 1.54) is 11.1 Å². The van der Waals surface area contributed by atoms with Crippen molar-refractivity contribution in [3.63, 3.8) is 0 Å². The fourth-order valence-electron chi connectivity index (χ4n) is 4.62. The summed E-state index contributed by atoms with van der Waals surface area (Å²) in [5, 5.41) is 4.27. The van der Waals surface area contributed by atoms with Gasteiger partial charge in [0.15, 0.2) is 0 Å². The average molecular weight is 454 g/mol. The summed E-state index contributed by atoms with van der Waals surface area (Å²) < 4.78 is 0. The topological polar surface area (TPSA) is 44.3 Å². The molecule has 2 aliphatic heterocycles. The first-order chi connectivity index (χ1) is 15.2. The Morgan fingerprint density at radius 2 is 1.71 bits per heavy atom. The number of hydrogen-bond acceptors (Lipinski definition) is 5. The molecule has 0 saturated carbocycles. The zero-order valence-electron chi connectivity index (χ0n) is 17.3. The van der Waals surface area contributed by atoms with Gasteiger partial charge >= 0.3 is 0 Å². The molecular weight excluding hydrogens is 429 g/mol. The normalized spacial score (nSPS) is 17.4. The molecule has 5 nitrogen and oxygen atoms in total. The number of nitrogens with one attached hydrogen (secondary N) is 1. The summed E-state index contributed by atoms with van der Waals surface area (Å²) in [4.78, 5) is 13.9. The highest BCUT2D eigenvalue weighted by atomic mass is 35.5. The van der Waals surface area contributed by atoms with E-state index in [0.29, 0.717) is 21.9 Å². The molecule has 1 fully saturated rings. The number of halogens is 2. The van der Waals surface area contributed by atoms with Crippen LogP contribution >= 0.6 is 23.2 Å². The Hall–Kier alpha value is -2.34. The van der Waals surface area contributed by atoms with Crippen molar-refractivity contribution in [2.24, 2.45) is 0 Å². The molecule has 3 heterocycles. The standard InChI is InChI=1S/C24H25Cl2N5/c25-20-6-3-7-21(24(20)26)29-22-14-23(28-16-27-22)30-12-9-19(10-13-30)31-11-8-17-4-1-2-5-18(17)15-31/h1-7,14,16,19H,8-13,15H2,(H,27,28,29). The van der Waals surface area contributed by atoms with Crippen LogP contribution in [0.15, 0.2) is 54.9 Å². The maximum atomic E-state index is 6.30. The highest BCUT2D eigenvalue weighted by Gasteiger charge is 2.27. The molecule has 0 unspecified atom stereocenters. The number of anilines is 3. The molecule has 0 radical (unpaired) electrons. The van der Waals surface area contributed by atoms with Gasteiger partial charge in [0.25, 0.3) is 0 Å². The molecule has 0 spiro atoms.